The fraction of sp³-hybridized carbons (Fsp3) is 0.368. The van der Waals surface area contributed by atoms with Crippen molar-refractivity contribution in [2.75, 3.05) is 7.05 Å². The van der Waals surface area contributed by atoms with Gasteiger partial charge in [0, 0.05) is 19.6 Å². The highest BCUT2D eigenvalue weighted by Crippen LogP contribution is 2.16. The number of hydrogen-bond donors (Lipinski definition) is 1. The van der Waals surface area contributed by atoms with Crippen LogP contribution in [0.3, 0.4) is 0 Å². The third-order valence-electron chi connectivity index (χ3n) is 3.88. The molecule has 2 aromatic rings. The minimum absolute atomic E-state index is 0.591. The molecule has 0 aliphatic rings. The molecule has 2 nitrogen and oxygen atoms in total. The van der Waals surface area contributed by atoms with E-state index in [1.54, 1.807) is 0 Å². The van der Waals surface area contributed by atoms with E-state index in [9.17, 15) is 0 Å². The topological polar surface area (TPSA) is 29.3 Å². The molecule has 0 atom stereocenters. The third kappa shape index (κ3) is 4.42. The highest BCUT2D eigenvalue weighted by Gasteiger charge is 2.06. The van der Waals surface area contributed by atoms with E-state index >= 15 is 0 Å². The summed E-state index contributed by atoms with van der Waals surface area (Å²) in [6.45, 7) is 6.94. The Labute approximate surface area is 128 Å². The molecule has 2 rings (SSSR count). The monoisotopic (exact) mass is 282 g/mol. The molecule has 0 heterocycles. The van der Waals surface area contributed by atoms with E-state index in [4.69, 9.17) is 5.73 Å². The van der Waals surface area contributed by atoms with Crippen LogP contribution < -0.4 is 5.73 Å². The van der Waals surface area contributed by atoms with Crippen molar-refractivity contribution in [2.24, 2.45) is 5.73 Å². The molecule has 0 aromatic heterocycles. The second-order valence-corrected chi connectivity index (χ2v) is 6.04. The molecule has 21 heavy (non-hydrogen) atoms. The van der Waals surface area contributed by atoms with Crippen LogP contribution in [0.5, 0.6) is 0 Å². The van der Waals surface area contributed by atoms with Crippen LogP contribution in [0.1, 0.15) is 42.0 Å². The molecule has 2 aromatic carbocycles. The van der Waals surface area contributed by atoms with Crippen LogP contribution >= 0.6 is 0 Å². The number of nitrogens with two attached hydrogens (primary N) is 1. The van der Waals surface area contributed by atoms with Crippen LogP contribution in [0.2, 0.25) is 0 Å². The van der Waals surface area contributed by atoms with Crippen LogP contribution in [0.15, 0.2) is 48.5 Å². The Morgan fingerprint density at radius 3 is 2.10 bits per heavy atom. The largest absolute Gasteiger partial charge is 0.326 e. The number of hydrogen-bond acceptors (Lipinski definition) is 2. The first-order chi connectivity index (χ1) is 10.1. The molecule has 2 heteroatoms. The molecule has 112 valence electrons. The van der Waals surface area contributed by atoms with Crippen molar-refractivity contribution in [3.8, 4) is 0 Å². The molecule has 0 bridgehead atoms. The predicted octanol–water partition coefficient (Wildman–Crippen LogP) is 3.90. The van der Waals surface area contributed by atoms with E-state index in [0.717, 1.165) is 13.1 Å². The maximum absolute atomic E-state index is 5.81. The highest BCUT2D eigenvalue weighted by molar-refractivity contribution is 5.27. The lowest BCUT2D eigenvalue weighted by Crippen LogP contribution is -2.18. The molecular formula is C19H26N2. The molecule has 0 saturated heterocycles. The summed E-state index contributed by atoms with van der Waals surface area (Å²) >= 11 is 0. The number of benzene rings is 2. The van der Waals surface area contributed by atoms with Gasteiger partial charge in [-0.25, -0.2) is 0 Å². The summed E-state index contributed by atoms with van der Waals surface area (Å²) in [4.78, 5) is 2.33. The fourth-order valence-electron chi connectivity index (χ4n) is 2.58. The Morgan fingerprint density at radius 2 is 1.52 bits per heavy atom. The Balaban J connectivity index is 1.99. The van der Waals surface area contributed by atoms with Gasteiger partial charge in [-0.05, 0) is 35.2 Å². The Morgan fingerprint density at radius 1 is 0.905 bits per heavy atom. The molecule has 0 fully saturated rings. The summed E-state index contributed by atoms with van der Waals surface area (Å²) in [5.41, 5.74) is 11.1. The van der Waals surface area contributed by atoms with Crippen molar-refractivity contribution in [1.82, 2.24) is 4.90 Å². The summed E-state index contributed by atoms with van der Waals surface area (Å²) in [6, 6.07) is 17.4. The molecular weight excluding hydrogens is 256 g/mol. The van der Waals surface area contributed by atoms with E-state index in [1.807, 2.05) is 0 Å². The Bertz CT molecular complexity index is 558. The second kappa shape index (κ2) is 7.39. The molecule has 0 aliphatic heterocycles. The van der Waals surface area contributed by atoms with Gasteiger partial charge < -0.3 is 5.73 Å². The number of rotatable bonds is 6. The van der Waals surface area contributed by atoms with E-state index in [2.05, 4.69) is 74.3 Å². The van der Waals surface area contributed by atoms with Gasteiger partial charge in [-0.1, -0.05) is 62.4 Å². The standard InChI is InChI=1S/C19H26N2/c1-15(2)17-10-8-16(9-11-17)13-21(3)14-19-7-5-4-6-18(19)12-20/h4-11,15H,12-14,20H2,1-3H3. The summed E-state index contributed by atoms with van der Waals surface area (Å²) < 4.78 is 0. The Kier molecular flexibility index (Phi) is 5.54. The molecule has 2 N–H and O–H groups in total. The zero-order valence-corrected chi connectivity index (χ0v) is 13.3. The zero-order valence-electron chi connectivity index (χ0n) is 13.3. The SMILES string of the molecule is CC(C)c1ccc(CN(C)Cc2ccccc2CN)cc1. The van der Waals surface area contributed by atoms with Crippen molar-refractivity contribution >= 4 is 0 Å². The first kappa shape index (κ1) is 15.7. The molecule has 0 amide bonds. The highest BCUT2D eigenvalue weighted by atomic mass is 15.1. The zero-order chi connectivity index (χ0) is 15.2. The molecule has 0 radical (unpaired) electrons. The minimum atomic E-state index is 0.591. The van der Waals surface area contributed by atoms with Crippen molar-refractivity contribution < 1.29 is 0 Å². The summed E-state index contributed by atoms with van der Waals surface area (Å²) in [6.07, 6.45) is 0. The molecule has 0 spiro atoms. The molecule has 0 unspecified atom stereocenters. The predicted molar refractivity (Wildman–Crippen MR) is 90.0 cm³/mol. The average molecular weight is 282 g/mol. The quantitative estimate of drug-likeness (QED) is 0.870. The van der Waals surface area contributed by atoms with Crippen LogP contribution in [-0.4, -0.2) is 11.9 Å². The normalized spacial score (nSPS) is 11.3. The fourth-order valence-corrected chi connectivity index (χ4v) is 2.58. The molecule has 0 aliphatic carbocycles. The van der Waals surface area contributed by atoms with Gasteiger partial charge in [0.1, 0.15) is 0 Å². The second-order valence-electron chi connectivity index (χ2n) is 6.04. The van der Waals surface area contributed by atoms with E-state index in [-0.39, 0.29) is 0 Å². The van der Waals surface area contributed by atoms with E-state index < -0.39 is 0 Å². The van der Waals surface area contributed by atoms with Crippen LogP contribution in [0, 0.1) is 0 Å². The van der Waals surface area contributed by atoms with Gasteiger partial charge >= 0.3 is 0 Å². The van der Waals surface area contributed by atoms with Gasteiger partial charge in [-0.3, -0.25) is 4.90 Å². The summed E-state index contributed by atoms with van der Waals surface area (Å²) in [7, 11) is 2.16. The van der Waals surface area contributed by atoms with Gasteiger partial charge in [0.15, 0.2) is 0 Å². The summed E-state index contributed by atoms with van der Waals surface area (Å²) in [5, 5.41) is 0. The lowest BCUT2D eigenvalue weighted by atomic mass is 10.0. The van der Waals surface area contributed by atoms with Gasteiger partial charge in [0.2, 0.25) is 0 Å². The van der Waals surface area contributed by atoms with Crippen LogP contribution in [0.4, 0.5) is 0 Å². The Hall–Kier alpha value is -1.64. The maximum Gasteiger partial charge on any atom is 0.0237 e. The average Bonchev–Trinajstić information content (AvgIpc) is 2.48. The first-order valence-corrected chi connectivity index (χ1v) is 7.64. The maximum atomic E-state index is 5.81. The smallest absolute Gasteiger partial charge is 0.0237 e. The minimum Gasteiger partial charge on any atom is -0.326 e. The van der Waals surface area contributed by atoms with Crippen molar-refractivity contribution in [3.63, 3.8) is 0 Å². The van der Waals surface area contributed by atoms with E-state index in [0.29, 0.717) is 12.5 Å². The van der Waals surface area contributed by atoms with Gasteiger partial charge in [0.05, 0.1) is 0 Å². The van der Waals surface area contributed by atoms with E-state index in [1.165, 1.54) is 22.3 Å². The van der Waals surface area contributed by atoms with Gasteiger partial charge in [0.25, 0.3) is 0 Å². The van der Waals surface area contributed by atoms with Gasteiger partial charge in [-0.2, -0.15) is 0 Å². The molecule has 0 saturated carbocycles. The van der Waals surface area contributed by atoms with Crippen LogP contribution in [-0.2, 0) is 19.6 Å². The lowest BCUT2D eigenvalue weighted by Gasteiger charge is -2.19. The first-order valence-electron chi connectivity index (χ1n) is 7.64. The van der Waals surface area contributed by atoms with Crippen molar-refractivity contribution in [1.29, 1.82) is 0 Å². The van der Waals surface area contributed by atoms with Crippen molar-refractivity contribution in [3.05, 3.63) is 70.8 Å². The van der Waals surface area contributed by atoms with Gasteiger partial charge in [-0.15, -0.1) is 0 Å². The lowest BCUT2D eigenvalue weighted by molar-refractivity contribution is 0.318. The third-order valence-corrected chi connectivity index (χ3v) is 3.88. The number of nitrogens with zero attached hydrogens (tertiary/aromatic N) is 1. The van der Waals surface area contributed by atoms with Crippen molar-refractivity contribution in [2.45, 2.75) is 39.4 Å². The van der Waals surface area contributed by atoms with Crippen LogP contribution in [0.25, 0.3) is 0 Å². The summed E-state index contributed by atoms with van der Waals surface area (Å²) in [5.74, 6) is 0.591.